The van der Waals surface area contributed by atoms with Crippen LogP contribution >= 0.6 is 0 Å². The second-order valence-electron chi connectivity index (χ2n) is 6.29. The van der Waals surface area contributed by atoms with Gasteiger partial charge in [-0.2, -0.15) is 18.4 Å². The van der Waals surface area contributed by atoms with Gasteiger partial charge in [0.25, 0.3) is 5.91 Å². The third-order valence-corrected chi connectivity index (χ3v) is 4.23. The first-order valence-electron chi connectivity index (χ1n) is 8.78. The molecule has 10 heteroatoms. The molecule has 0 aliphatic rings. The van der Waals surface area contributed by atoms with Gasteiger partial charge in [0.05, 0.1) is 43.1 Å². The molecular weight excluding hydrogens is 403 g/mol. The molecule has 0 radical (unpaired) electrons. The summed E-state index contributed by atoms with van der Waals surface area (Å²) in [5, 5.41) is 32.7. The van der Waals surface area contributed by atoms with Gasteiger partial charge in [-0.3, -0.25) is 4.79 Å². The van der Waals surface area contributed by atoms with Crippen molar-refractivity contribution in [2.24, 2.45) is 0 Å². The topological polar surface area (TPSA) is 115 Å². The first kappa shape index (κ1) is 23.0. The summed E-state index contributed by atoms with van der Waals surface area (Å²) < 4.78 is 44.3. The minimum atomic E-state index is -4.65. The van der Waals surface area contributed by atoms with Crippen molar-refractivity contribution in [3.05, 3.63) is 58.7 Å². The zero-order valence-corrected chi connectivity index (χ0v) is 16.0. The van der Waals surface area contributed by atoms with Crippen LogP contribution in [0.1, 0.15) is 27.0 Å². The number of carbonyl (C=O) groups excluding carboxylic acids is 1. The van der Waals surface area contributed by atoms with Gasteiger partial charge in [0.1, 0.15) is 11.8 Å². The average Bonchev–Trinajstić information content (AvgIpc) is 2.74. The second kappa shape index (κ2) is 9.96. The molecule has 0 fully saturated rings. The third-order valence-electron chi connectivity index (χ3n) is 4.23. The number of hydrogen-bond donors (Lipinski definition) is 4. The summed E-state index contributed by atoms with van der Waals surface area (Å²) >= 11 is 0. The molecule has 2 rings (SSSR count). The number of hydrogen-bond acceptors (Lipinski definition) is 6. The predicted octanol–water partition coefficient (Wildman–Crippen LogP) is 2.28. The van der Waals surface area contributed by atoms with Crippen LogP contribution in [0.5, 0.6) is 5.75 Å². The molecule has 2 aromatic carbocycles. The zero-order valence-electron chi connectivity index (χ0n) is 16.0. The maximum Gasteiger partial charge on any atom is 0.416 e. The van der Waals surface area contributed by atoms with Crippen molar-refractivity contribution < 1.29 is 32.9 Å². The number of rotatable bonds is 8. The summed E-state index contributed by atoms with van der Waals surface area (Å²) in [4.78, 5) is 12.6. The van der Waals surface area contributed by atoms with Crippen molar-refractivity contribution in [2.45, 2.75) is 18.8 Å². The Morgan fingerprint density at radius 3 is 2.47 bits per heavy atom. The fraction of sp³-hybridized carbons (Fsp3) is 0.300. The summed E-state index contributed by atoms with van der Waals surface area (Å²) in [6.07, 6.45) is -4.65. The normalized spacial score (nSPS) is 11.1. The van der Waals surface area contributed by atoms with Crippen molar-refractivity contribution in [3.8, 4) is 11.8 Å². The lowest BCUT2D eigenvalue weighted by atomic mass is 10.1. The number of anilines is 1. The predicted molar refractivity (Wildman–Crippen MR) is 102 cm³/mol. The number of aliphatic hydroxyl groups is 2. The fourth-order valence-electron chi connectivity index (χ4n) is 2.63. The number of methoxy groups -OCH3 is 1. The summed E-state index contributed by atoms with van der Waals surface area (Å²) in [5.74, 6) is -0.441. The molecule has 0 saturated carbocycles. The van der Waals surface area contributed by atoms with E-state index in [2.05, 4.69) is 10.6 Å². The van der Waals surface area contributed by atoms with Crippen LogP contribution in [0.25, 0.3) is 0 Å². The highest BCUT2D eigenvalue weighted by molar-refractivity contribution is 6.00. The Hall–Kier alpha value is -3.29. The van der Waals surface area contributed by atoms with E-state index in [9.17, 15) is 28.2 Å². The number of nitrogens with zero attached hydrogens (tertiary/aromatic N) is 1. The SMILES string of the molecule is COc1ccc(CNC(=O)c2cc(C(F)(F)F)ccc2NC(CO)CO)cc1C#N. The molecule has 0 bridgehead atoms. The Morgan fingerprint density at radius 1 is 1.20 bits per heavy atom. The monoisotopic (exact) mass is 423 g/mol. The Balaban J connectivity index is 2.28. The van der Waals surface area contributed by atoms with Crippen LogP contribution in [-0.2, 0) is 12.7 Å². The number of alkyl halides is 3. The van der Waals surface area contributed by atoms with Gasteiger partial charge >= 0.3 is 6.18 Å². The van der Waals surface area contributed by atoms with Gasteiger partial charge < -0.3 is 25.6 Å². The van der Waals surface area contributed by atoms with Crippen LogP contribution < -0.4 is 15.4 Å². The largest absolute Gasteiger partial charge is 0.495 e. The van der Waals surface area contributed by atoms with Crippen LogP contribution in [0.4, 0.5) is 18.9 Å². The molecule has 0 unspecified atom stereocenters. The van der Waals surface area contributed by atoms with E-state index in [1.165, 1.54) is 13.2 Å². The number of amides is 1. The summed E-state index contributed by atoms with van der Waals surface area (Å²) in [6.45, 7) is -1.01. The minimum Gasteiger partial charge on any atom is -0.495 e. The minimum absolute atomic E-state index is 0.0287. The molecule has 30 heavy (non-hydrogen) atoms. The molecule has 0 aromatic heterocycles. The van der Waals surface area contributed by atoms with E-state index in [0.29, 0.717) is 17.4 Å². The molecule has 7 nitrogen and oxygen atoms in total. The van der Waals surface area contributed by atoms with E-state index in [1.54, 1.807) is 12.1 Å². The fourth-order valence-corrected chi connectivity index (χ4v) is 2.63. The lowest BCUT2D eigenvalue weighted by molar-refractivity contribution is -0.137. The number of nitriles is 1. The van der Waals surface area contributed by atoms with Crippen molar-refractivity contribution in [2.75, 3.05) is 25.6 Å². The Labute approximate surface area is 170 Å². The number of halogens is 3. The highest BCUT2D eigenvalue weighted by Crippen LogP contribution is 2.32. The van der Waals surface area contributed by atoms with Crippen molar-refractivity contribution in [1.82, 2.24) is 5.32 Å². The van der Waals surface area contributed by atoms with Gasteiger partial charge in [-0.25, -0.2) is 0 Å². The van der Waals surface area contributed by atoms with Gasteiger partial charge in [-0.1, -0.05) is 6.07 Å². The highest BCUT2D eigenvalue weighted by Gasteiger charge is 2.32. The van der Waals surface area contributed by atoms with Crippen molar-refractivity contribution >= 4 is 11.6 Å². The standard InChI is InChI=1S/C20H20F3N3O4/c1-30-18-5-2-12(6-13(18)8-24)9-25-19(29)16-7-14(20(21,22)23)3-4-17(16)26-15(10-27)11-28/h2-7,15,26-28H,9-11H2,1H3,(H,25,29). The zero-order chi connectivity index (χ0) is 22.3. The molecule has 160 valence electrons. The Bertz CT molecular complexity index is 938. The molecular formula is C20H20F3N3O4. The maximum atomic E-state index is 13.1. The van der Waals surface area contributed by atoms with E-state index in [1.807, 2.05) is 6.07 Å². The highest BCUT2D eigenvalue weighted by atomic mass is 19.4. The molecule has 2 aromatic rings. The van der Waals surface area contributed by atoms with Crippen molar-refractivity contribution in [1.29, 1.82) is 5.26 Å². The molecule has 0 heterocycles. The molecule has 0 spiro atoms. The average molecular weight is 423 g/mol. The third kappa shape index (κ3) is 5.62. The molecule has 0 atom stereocenters. The molecule has 0 aliphatic carbocycles. The first-order chi connectivity index (χ1) is 14.2. The quantitative estimate of drug-likeness (QED) is 0.518. The van der Waals surface area contributed by atoms with Gasteiger partial charge in [0.15, 0.2) is 0 Å². The summed E-state index contributed by atoms with van der Waals surface area (Å²) in [5.41, 5.74) is -0.490. The van der Waals surface area contributed by atoms with E-state index < -0.39 is 36.9 Å². The lowest BCUT2D eigenvalue weighted by Crippen LogP contribution is -2.30. The number of benzene rings is 2. The van der Waals surface area contributed by atoms with Crippen LogP contribution in [0.2, 0.25) is 0 Å². The van der Waals surface area contributed by atoms with Crippen LogP contribution in [0.15, 0.2) is 36.4 Å². The molecule has 0 aliphatic heterocycles. The van der Waals surface area contributed by atoms with Crippen LogP contribution in [0, 0.1) is 11.3 Å². The first-order valence-corrected chi connectivity index (χ1v) is 8.78. The molecule has 4 N–H and O–H groups in total. The van der Waals surface area contributed by atoms with Crippen LogP contribution in [0.3, 0.4) is 0 Å². The lowest BCUT2D eigenvalue weighted by Gasteiger charge is -2.19. The van der Waals surface area contributed by atoms with Gasteiger partial charge in [0.2, 0.25) is 0 Å². The van der Waals surface area contributed by atoms with Gasteiger partial charge in [-0.05, 0) is 35.9 Å². The second-order valence-corrected chi connectivity index (χ2v) is 6.29. The Kier molecular flexibility index (Phi) is 7.63. The van der Waals surface area contributed by atoms with E-state index >= 15 is 0 Å². The number of nitrogens with one attached hydrogen (secondary N) is 2. The van der Waals surface area contributed by atoms with E-state index in [4.69, 9.17) is 10.00 Å². The Morgan fingerprint density at radius 2 is 1.90 bits per heavy atom. The summed E-state index contributed by atoms with van der Waals surface area (Å²) in [6, 6.07) is 8.31. The van der Waals surface area contributed by atoms with Gasteiger partial charge in [-0.15, -0.1) is 0 Å². The molecule has 1 amide bonds. The maximum absolute atomic E-state index is 13.1. The van der Waals surface area contributed by atoms with Crippen molar-refractivity contribution in [3.63, 3.8) is 0 Å². The van der Waals surface area contributed by atoms with Gasteiger partial charge in [0, 0.05) is 12.2 Å². The summed E-state index contributed by atoms with van der Waals surface area (Å²) in [7, 11) is 1.41. The van der Waals surface area contributed by atoms with Crippen LogP contribution in [-0.4, -0.2) is 42.5 Å². The number of ether oxygens (including phenoxy) is 1. The number of aliphatic hydroxyl groups excluding tert-OH is 2. The van der Waals surface area contributed by atoms with E-state index in [0.717, 1.165) is 12.1 Å². The molecule has 0 saturated heterocycles. The smallest absolute Gasteiger partial charge is 0.416 e. The van der Waals surface area contributed by atoms with E-state index in [-0.39, 0.29) is 23.4 Å². The number of carbonyl (C=O) groups is 1.